The molecule has 0 spiro atoms. The number of amides is 2. The lowest BCUT2D eigenvalue weighted by molar-refractivity contribution is -0.126. The molecule has 0 aromatic carbocycles. The predicted molar refractivity (Wildman–Crippen MR) is 65.1 cm³/mol. The van der Waals surface area contributed by atoms with Gasteiger partial charge in [0.05, 0.1) is 0 Å². The maximum atomic E-state index is 11.3. The van der Waals surface area contributed by atoms with Gasteiger partial charge in [-0.25, -0.2) is 0 Å². The van der Waals surface area contributed by atoms with E-state index in [9.17, 15) is 9.59 Å². The fourth-order valence-corrected chi connectivity index (χ4v) is 1.21. The number of hydrogen-bond donors (Lipinski definition) is 2. The number of carbonyl (C=O) groups is 2. The molecule has 0 atom stereocenters. The predicted octanol–water partition coefficient (Wildman–Crippen LogP) is 1.60. The minimum atomic E-state index is -0.0286. The SMILES string of the molecule is CCCCNC(=O)CCC(=O)NCCCC. The molecule has 0 aromatic rings. The fraction of sp³-hybridized carbons (Fsp3) is 0.833. The zero-order valence-corrected chi connectivity index (χ0v) is 10.5. The second-order valence-corrected chi connectivity index (χ2v) is 3.91. The first-order valence-corrected chi connectivity index (χ1v) is 6.24. The van der Waals surface area contributed by atoms with Crippen molar-refractivity contribution in [2.45, 2.75) is 52.4 Å². The van der Waals surface area contributed by atoms with Crippen LogP contribution in [0.3, 0.4) is 0 Å². The second-order valence-electron chi connectivity index (χ2n) is 3.91. The fourth-order valence-electron chi connectivity index (χ4n) is 1.21. The Hall–Kier alpha value is -1.06. The van der Waals surface area contributed by atoms with Gasteiger partial charge in [0, 0.05) is 25.9 Å². The summed E-state index contributed by atoms with van der Waals surface area (Å²) in [4.78, 5) is 22.5. The molecule has 0 aliphatic carbocycles. The molecule has 0 aromatic heterocycles. The van der Waals surface area contributed by atoms with Crippen LogP contribution in [0.15, 0.2) is 0 Å². The topological polar surface area (TPSA) is 58.2 Å². The molecule has 94 valence electrons. The highest BCUT2D eigenvalue weighted by Gasteiger charge is 2.05. The molecule has 0 aliphatic heterocycles. The van der Waals surface area contributed by atoms with Gasteiger partial charge in [0.1, 0.15) is 0 Å². The van der Waals surface area contributed by atoms with Gasteiger partial charge in [0.2, 0.25) is 11.8 Å². The molecule has 0 rings (SSSR count). The molecular weight excluding hydrogens is 204 g/mol. The average Bonchev–Trinajstić information content (AvgIpc) is 2.27. The molecule has 2 N–H and O–H groups in total. The van der Waals surface area contributed by atoms with Crippen LogP contribution in [-0.4, -0.2) is 24.9 Å². The highest BCUT2D eigenvalue weighted by atomic mass is 16.2. The largest absolute Gasteiger partial charge is 0.356 e. The van der Waals surface area contributed by atoms with Crippen LogP contribution < -0.4 is 10.6 Å². The zero-order valence-electron chi connectivity index (χ0n) is 10.5. The third-order valence-corrected chi connectivity index (χ3v) is 2.28. The second kappa shape index (κ2) is 10.5. The highest BCUT2D eigenvalue weighted by Crippen LogP contribution is 1.91. The Balaban J connectivity index is 3.40. The van der Waals surface area contributed by atoms with Crippen molar-refractivity contribution in [3.63, 3.8) is 0 Å². The van der Waals surface area contributed by atoms with Crippen molar-refractivity contribution in [3.8, 4) is 0 Å². The minimum absolute atomic E-state index is 0.0286. The van der Waals surface area contributed by atoms with E-state index in [2.05, 4.69) is 24.5 Å². The Morgan fingerprint density at radius 1 is 0.812 bits per heavy atom. The van der Waals surface area contributed by atoms with Crippen LogP contribution in [0.1, 0.15) is 52.4 Å². The van der Waals surface area contributed by atoms with Gasteiger partial charge in [0.25, 0.3) is 0 Å². The average molecular weight is 228 g/mol. The van der Waals surface area contributed by atoms with Gasteiger partial charge >= 0.3 is 0 Å². The van der Waals surface area contributed by atoms with Gasteiger partial charge in [-0.3, -0.25) is 9.59 Å². The quantitative estimate of drug-likeness (QED) is 0.589. The van der Waals surface area contributed by atoms with Gasteiger partial charge in [-0.1, -0.05) is 26.7 Å². The molecule has 0 saturated carbocycles. The van der Waals surface area contributed by atoms with E-state index >= 15 is 0 Å². The standard InChI is InChI=1S/C12H24N2O2/c1-3-5-9-13-11(15)7-8-12(16)14-10-6-4-2/h3-10H2,1-2H3,(H,13,15)(H,14,16). The summed E-state index contributed by atoms with van der Waals surface area (Å²) >= 11 is 0. The normalized spacial score (nSPS) is 9.88. The number of nitrogens with one attached hydrogen (secondary N) is 2. The summed E-state index contributed by atoms with van der Waals surface area (Å²) in [5.41, 5.74) is 0. The molecule has 0 radical (unpaired) electrons. The van der Waals surface area contributed by atoms with Crippen molar-refractivity contribution in [1.82, 2.24) is 10.6 Å². The van der Waals surface area contributed by atoms with Gasteiger partial charge in [-0.05, 0) is 12.8 Å². The summed E-state index contributed by atoms with van der Waals surface area (Å²) in [6.07, 6.45) is 4.71. The molecule has 4 nitrogen and oxygen atoms in total. The zero-order chi connectivity index (χ0) is 12.2. The van der Waals surface area contributed by atoms with E-state index in [1.165, 1.54) is 0 Å². The van der Waals surface area contributed by atoms with E-state index in [-0.39, 0.29) is 11.8 Å². The van der Waals surface area contributed by atoms with Crippen molar-refractivity contribution in [2.75, 3.05) is 13.1 Å². The molecule has 0 saturated heterocycles. The Kier molecular flexibility index (Phi) is 9.76. The molecule has 0 fully saturated rings. The van der Waals surface area contributed by atoms with Crippen LogP contribution >= 0.6 is 0 Å². The van der Waals surface area contributed by atoms with E-state index in [1.807, 2.05) is 0 Å². The summed E-state index contributed by atoms with van der Waals surface area (Å²) in [6.45, 7) is 5.58. The van der Waals surface area contributed by atoms with Crippen LogP contribution in [0.2, 0.25) is 0 Å². The maximum absolute atomic E-state index is 11.3. The number of carbonyl (C=O) groups excluding carboxylic acids is 2. The third kappa shape index (κ3) is 9.49. The summed E-state index contributed by atoms with van der Waals surface area (Å²) < 4.78 is 0. The third-order valence-electron chi connectivity index (χ3n) is 2.28. The molecule has 0 unspecified atom stereocenters. The lowest BCUT2D eigenvalue weighted by Crippen LogP contribution is -2.28. The van der Waals surface area contributed by atoms with Crippen LogP contribution in [0.25, 0.3) is 0 Å². The Morgan fingerprint density at radius 3 is 1.50 bits per heavy atom. The molecule has 2 amide bonds. The van der Waals surface area contributed by atoms with Crippen LogP contribution in [0, 0.1) is 0 Å². The van der Waals surface area contributed by atoms with Gasteiger partial charge in [-0.15, -0.1) is 0 Å². The first kappa shape index (κ1) is 14.9. The van der Waals surface area contributed by atoms with Crippen LogP contribution in [-0.2, 0) is 9.59 Å². The lowest BCUT2D eigenvalue weighted by Gasteiger charge is -2.05. The summed E-state index contributed by atoms with van der Waals surface area (Å²) in [7, 11) is 0. The first-order valence-electron chi connectivity index (χ1n) is 6.24. The molecule has 0 bridgehead atoms. The number of unbranched alkanes of at least 4 members (excludes halogenated alkanes) is 2. The van der Waals surface area contributed by atoms with Crippen molar-refractivity contribution in [1.29, 1.82) is 0 Å². The van der Waals surface area contributed by atoms with E-state index in [4.69, 9.17) is 0 Å². The maximum Gasteiger partial charge on any atom is 0.220 e. The summed E-state index contributed by atoms with van der Waals surface area (Å²) in [5, 5.41) is 5.57. The van der Waals surface area contributed by atoms with Gasteiger partial charge < -0.3 is 10.6 Å². The monoisotopic (exact) mass is 228 g/mol. The van der Waals surface area contributed by atoms with E-state index in [1.54, 1.807) is 0 Å². The van der Waals surface area contributed by atoms with Gasteiger partial charge in [-0.2, -0.15) is 0 Å². The minimum Gasteiger partial charge on any atom is -0.356 e. The van der Waals surface area contributed by atoms with E-state index in [0.717, 1.165) is 25.7 Å². The summed E-state index contributed by atoms with van der Waals surface area (Å²) in [5.74, 6) is -0.0572. The number of hydrogen-bond acceptors (Lipinski definition) is 2. The van der Waals surface area contributed by atoms with Crippen molar-refractivity contribution >= 4 is 11.8 Å². The van der Waals surface area contributed by atoms with Crippen LogP contribution in [0.4, 0.5) is 0 Å². The Labute approximate surface area is 98.2 Å². The van der Waals surface area contributed by atoms with E-state index in [0.29, 0.717) is 25.9 Å². The Morgan fingerprint density at radius 2 is 1.19 bits per heavy atom. The van der Waals surface area contributed by atoms with Crippen LogP contribution in [0.5, 0.6) is 0 Å². The number of rotatable bonds is 9. The molecule has 16 heavy (non-hydrogen) atoms. The molecule has 0 aliphatic rings. The summed E-state index contributed by atoms with van der Waals surface area (Å²) in [6, 6.07) is 0. The lowest BCUT2D eigenvalue weighted by atomic mass is 10.2. The first-order chi connectivity index (χ1) is 7.70. The van der Waals surface area contributed by atoms with Gasteiger partial charge in [0.15, 0.2) is 0 Å². The smallest absolute Gasteiger partial charge is 0.220 e. The van der Waals surface area contributed by atoms with Crippen molar-refractivity contribution in [2.24, 2.45) is 0 Å². The van der Waals surface area contributed by atoms with Crippen molar-refractivity contribution < 1.29 is 9.59 Å². The molecule has 0 heterocycles. The Bertz CT molecular complexity index is 183. The van der Waals surface area contributed by atoms with E-state index < -0.39 is 0 Å². The molecule has 4 heteroatoms. The highest BCUT2D eigenvalue weighted by molar-refractivity contribution is 5.83. The molecular formula is C12H24N2O2. The van der Waals surface area contributed by atoms with Crippen molar-refractivity contribution in [3.05, 3.63) is 0 Å².